The van der Waals surface area contributed by atoms with Gasteiger partial charge in [-0.1, -0.05) is 54.6 Å². The molecule has 0 fully saturated rings. The van der Waals surface area contributed by atoms with Gasteiger partial charge in [0.25, 0.3) is 0 Å². The Morgan fingerprint density at radius 2 is 1.33 bits per heavy atom. The first-order chi connectivity index (χ1) is 11.7. The number of phenolic OH excluding ortho intramolecular Hbond substituents is 1. The van der Waals surface area contributed by atoms with Crippen LogP contribution in [0.3, 0.4) is 0 Å². The molecule has 0 atom stereocenters. The first-order valence-electron chi connectivity index (χ1n) is 7.80. The third-order valence-corrected chi connectivity index (χ3v) is 3.69. The second-order valence-corrected chi connectivity index (χ2v) is 5.62. The van der Waals surface area contributed by atoms with E-state index in [9.17, 15) is 9.90 Å². The predicted octanol–water partition coefficient (Wildman–Crippen LogP) is 4.13. The van der Waals surface area contributed by atoms with E-state index >= 15 is 0 Å². The first-order valence-corrected chi connectivity index (χ1v) is 7.80. The van der Waals surface area contributed by atoms with Gasteiger partial charge in [-0.05, 0) is 47.4 Å². The van der Waals surface area contributed by atoms with Crippen molar-refractivity contribution in [2.75, 3.05) is 0 Å². The Labute approximate surface area is 141 Å². The fourth-order valence-electron chi connectivity index (χ4n) is 2.45. The quantitative estimate of drug-likeness (QED) is 0.568. The first kappa shape index (κ1) is 15.8. The van der Waals surface area contributed by atoms with Crippen molar-refractivity contribution in [2.24, 2.45) is 0 Å². The SMILES string of the molecule is O=C(Cc1ccc(O)cc1)Oc1ccc(Cc2ccccc2)cc1. The van der Waals surface area contributed by atoms with Gasteiger partial charge in [0.1, 0.15) is 11.5 Å². The van der Waals surface area contributed by atoms with Crippen molar-refractivity contribution < 1.29 is 14.6 Å². The minimum absolute atomic E-state index is 0.173. The second kappa shape index (κ2) is 7.47. The van der Waals surface area contributed by atoms with E-state index in [2.05, 4.69) is 12.1 Å². The van der Waals surface area contributed by atoms with Crippen LogP contribution in [0.2, 0.25) is 0 Å². The molecule has 0 unspecified atom stereocenters. The van der Waals surface area contributed by atoms with Crippen molar-refractivity contribution in [3.63, 3.8) is 0 Å². The van der Waals surface area contributed by atoms with Crippen LogP contribution in [0, 0.1) is 0 Å². The summed E-state index contributed by atoms with van der Waals surface area (Å²) in [5.74, 6) is 0.396. The molecule has 0 bridgehead atoms. The fraction of sp³-hybridized carbons (Fsp3) is 0.0952. The smallest absolute Gasteiger partial charge is 0.315 e. The lowest BCUT2D eigenvalue weighted by Gasteiger charge is -2.06. The van der Waals surface area contributed by atoms with Gasteiger partial charge < -0.3 is 9.84 Å². The normalized spacial score (nSPS) is 10.3. The monoisotopic (exact) mass is 318 g/mol. The van der Waals surface area contributed by atoms with Crippen LogP contribution in [0.25, 0.3) is 0 Å². The second-order valence-electron chi connectivity index (χ2n) is 5.62. The highest BCUT2D eigenvalue weighted by Gasteiger charge is 2.07. The summed E-state index contributed by atoms with van der Waals surface area (Å²) < 4.78 is 5.35. The Morgan fingerprint density at radius 1 is 0.750 bits per heavy atom. The Hall–Kier alpha value is -3.07. The van der Waals surface area contributed by atoms with Gasteiger partial charge in [-0.25, -0.2) is 0 Å². The minimum atomic E-state index is -0.323. The molecule has 0 amide bonds. The van der Waals surface area contributed by atoms with E-state index in [-0.39, 0.29) is 18.1 Å². The van der Waals surface area contributed by atoms with Crippen LogP contribution in [-0.2, 0) is 17.6 Å². The molecule has 0 spiro atoms. The summed E-state index contributed by atoms with van der Waals surface area (Å²) in [4.78, 5) is 12.0. The molecule has 3 rings (SSSR count). The molecular formula is C21H18O3. The van der Waals surface area contributed by atoms with Crippen LogP contribution >= 0.6 is 0 Å². The summed E-state index contributed by atoms with van der Waals surface area (Å²) in [7, 11) is 0. The maximum atomic E-state index is 12.0. The Morgan fingerprint density at radius 3 is 2.00 bits per heavy atom. The summed E-state index contributed by atoms with van der Waals surface area (Å²) >= 11 is 0. The predicted molar refractivity (Wildman–Crippen MR) is 93.1 cm³/mol. The van der Waals surface area contributed by atoms with E-state index in [0.29, 0.717) is 5.75 Å². The lowest BCUT2D eigenvalue weighted by molar-refractivity contribution is -0.133. The van der Waals surface area contributed by atoms with Gasteiger partial charge in [0.05, 0.1) is 6.42 Å². The summed E-state index contributed by atoms with van der Waals surface area (Å²) in [5, 5.41) is 9.24. The average Bonchev–Trinajstić information content (AvgIpc) is 2.60. The summed E-state index contributed by atoms with van der Waals surface area (Å²) in [5.41, 5.74) is 3.22. The van der Waals surface area contributed by atoms with Gasteiger partial charge in [0.2, 0.25) is 0 Å². The number of hydrogen-bond donors (Lipinski definition) is 1. The number of hydrogen-bond acceptors (Lipinski definition) is 3. The highest BCUT2D eigenvalue weighted by molar-refractivity contribution is 5.75. The lowest BCUT2D eigenvalue weighted by Crippen LogP contribution is -2.11. The molecule has 0 aliphatic carbocycles. The van der Waals surface area contributed by atoms with Crippen molar-refractivity contribution in [1.82, 2.24) is 0 Å². The fourth-order valence-corrected chi connectivity index (χ4v) is 2.45. The van der Waals surface area contributed by atoms with Crippen LogP contribution in [0.15, 0.2) is 78.9 Å². The topological polar surface area (TPSA) is 46.5 Å². The zero-order valence-corrected chi connectivity index (χ0v) is 13.2. The van der Waals surface area contributed by atoms with Crippen molar-refractivity contribution in [1.29, 1.82) is 0 Å². The Kier molecular flexibility index (Phi) is 4.92. The van der Waals surface area contributed by atoms with Crippen molar-refractivity contribution in [3.8, 4) is 11.5 Å². The van der Waals surface area contributed by atoms with Crippen molar-refractivity contribution >= 4 is 5.97 Å². The average molecular weight is 318 g/mol. The van der Waals surface area contributed by atoms with E-state index in [1.165, 1.54) is 11.1 Å². The number of carbonyl (C=O) groups is 1. The van der Waals surface area contributed by atoms with E-state index in [1.54, 1.807) is 24.3 Å². The molecule has 3 nitrogen and oxygen atoms in total. The van der Waals surface area contributed by atoms with E-state index in [4.69, 9.17) is 4.74 Å². The van der Waals surface area contributed by atoms with E-state index < -0.39 is 0 Å². The Bertz CT molecular complexity index is 791. The molecule has 0 saturated heterocycles. The van der Waals surface area contributed by atoms with E-state index in [1.807, 2.05) is 42.5 Å². The number of benzene rings is 3. The molecular weight excluding hydrogens is 300 g/mol. The van der Waals surface area contributed by atoms with Gasteiger partial charge in [-0.3, -0.25) is 4.79 Å². The largest absolute Gasteiger partial charge is 0.508 e. The zero-order chi connectivity index (χ0) is 16.8. The lowest BCUT2D eigenvalue weighted by atomic mass is 10.1. The van der Waals surface area contributed by atoms with Gasteiger partial charge in [0, 0.05) is 0 Å². The number of phenols is 1. The third-order valence-electron chi connectivity index (χ3n) is 3.69. The highest BCUT2D eigenvalue weighted by atomic mass is 16.5. The number of esters is 1. The molecule has 0 aromatic heterocycles. The molecule has 0 saturated carbocycles. The van der Waals surface area contributed by atoms with Crippen LogP contribution in [0.1, 0.15) is 16.7 Å². The maximum Gasteiger partial charge on any atom is 0.315 e. The molecule has 1 N–H and O–H groups in total. The summed E-state index contributed by atoms with van der Waals surface area (Å²) in [6, 6.07) is 24.3. The third kappa shape index (κ3) is 4.46. The molecule has 3 heteroatoms. The molecule has 3 aromatic rings. The number of carbonyl (C=O) groups excluding carboxylic acids is 1. The van der Waals surface area contributed by atoms with Crippen molar-refractivity contribution in [3.05, 3.63) is 95.6 Å². The highest BCUT2D eigenvalue weighted by Crippen LogP contribution is 2.16. The number of aromatic hydroxyl groups is 1. The molecule has 3 aromatic carbocycles. The zero-order valence-electron chi connectivity index (χ0n) is 13.2. The van der Waals surface area contributed by atoms with E-state index in [0.717, 1.165) is 12.0 Å². The van der Waals surface area contributed by atoms with Crippen LogP contribution in [0.4, 0.5) is 0 Å². The molecule has 120 valence electrons. The summed E-state index contributed by atoms with van der Waals surface area (Å²) in [6.07, 6.45) is 1.02. The minimum Gasteiger partial charge on any atom is -0.508 e. The molecule has 0 aliphatic heterocycles. The van der Waals surface area contributed by atoms with Gasteiger partial charge in [0.15, 0.2) is 0 Å². The van der Waals surface area contributed by atoms with Crippen LogP contribution in [0.5, 0.6) is 11.5 Å². The molecule has 0 heterocycles. The van der Waals surface area contributed by atoms with Crippen LogP contribution < -0.4 is 4.74 Å². The Balaban J connectivity index is 1.57. The number of ether oxygens (including phenoxy) is 1. The van der Waals surface area contributed by atoms with Gasteiger partial charge >= 0.3 is 5.97 Å². The van der Waals surface area contributed by atoms with Crippen LogP contribution in [-0.4, -0.2) is 11.1 Å². The molecule has 24 heavy (non-hydrogen) atoms. The molecule has 0 aliphatic rings. The standard InChI is InChI=1S/C21H18O3/c22-19-10-6-18(7-11-19)15-21(23)24-20-12-8-17(9-13-20)14-16-4-2-1-3-5-16/h1-13,22H,14-15H2. The van der Waals surface area contributed by atoms with Gasteiger partial charge in [-0.15, -0.1) is 0 Å². The number of rotatable bonds is 5. The maximum absolute atomic E-state index is 12.0. The van der Waals surface area contributed by atoms with Crippen molar-refractivity contribution in [2.45, 2.75) is 12.8 Å². The summed E-state index contributed by atoms with van der Waals surface area (Å²) in [6.45, 7) is 0. The van der Waals surface area contributed by atoms with Gasteiger partial charge in [-0.2, -0.15) is 0 Å². The molecule has 0 radical (unpaired) electrons.